The first-order valence-corrected chi connectivity index (χ1v) is 8.91. The van der Waals surface area contributed by atoms with Crippen LogP contribution in [0.25, 0.3) is 32.7 Å². The Bertz CT molecular complexity index is 1180. The third kappa shape index (κ3) is 2.62. The van der Waals surface area contributed by atoms with Crippen molar-refractivity contribution >= 4 is 33.1 Å². The molecule has 0 aliphatic carbocycles. The highest BCUT2D eigenvalue weighted by atomic mass is 16.3. The lowest BCUT2D eigenvalue weighted by Crippen LogP contribution is -1.98. The lowest BCUT2D eigenvalue weighted by molar-refractivity contribution is 0.101. The average Bonchev–Trinajstić information content (AvgIpc) is 2.67. The van der Waals surface area contributed by atoms with Crippen molar-refractivity contribution in [2.45, 2.75) is 13.8 Å². The van der Waals surface area contributed by atoms with Crippen LogP contribution >= 0.6 is 0 Å². The second-order valence-electron chi connectivity index (χ2n) is 6.84. The minimum Gasteiger partial charge on any atom is -0.507 e. The lowest BCUT2D eigenvalue weighted by atomic mass is 9.88. The Morgan fingerprint density at radius 3 is 1.25 bits per heavy atom. The SMILES string of the molecule is CC(=O)c1cc(O)c(-c2c(O)cc(C(C)=O)c3ccccc23)c2ccccc12. The number of benzene rings is 4. The first kappa shape index (κ1) is 17.7. The fourth-order valence-electron chi connectivity index (χ4n) is 3.83. The zero-order valence-electron chi connectivity index (χ0n) is 15.5. The molecule has 4 rings (SSSR count). The molecule has 0 bridgehead atoms. The molecule has 4 aromatic rings. The fourth-order valence-corrected chi connectivity index (χ4v) is 3.83. The molecule has 4 heteroatoms. The summed E-state index contributed by atoms with van der Waals surface area (Å²) in [5.41, 5.74) is 1.70. The van der Waals surface area contributed by atoms with E-state index in [2.05, 4.69) is 0 Å². The van der Waals surface area contributed by atoms with Crippen molar-refractivity contribution in [3.8, 4) is 22.6 Å². The van der Waals surface area contributed by atoms with Crippen molar-refractivity contribution in [1.82, 2.24) is 0 Å². The smallest absolute Gasteiger partial charge is 0.160 e. The van der Waals surface area contributed by atoms with Gasteiger partial charge in [-0.3, -0.25) is 9.59 Å². The van der Waals surface area contributed by atoms with Gasteiger partial charge in [-0.15, -0.1) is 0 Å². The maximum atomic E-state index is 12.1. The van der Waals surface area contributed by atoms with Gasteiger partial charge in [-0.1, -0.05) is 48.5 Å². The number of phenolic OH excluding ortho intramolecular Hbond substituents is 2. The van der Waals surface area contributed by atoms with Gasteiger partial charge in [-0.2, -0.15) is 0 Å². The summed E-state index contributed by atoms with van der Waals surface area (Å²) in [6.07, 6.45) is 0. The molecule has 0 aliphatic rings. The Hall–Kier alpha value is -3.66. The number of rotatable bonds is 3. The summed E-state index contributed by atoms with van der Waals surface area (Å²) in [5.74, 6) is -0.502. The van der Waals surface area contributed by atoms with Crippen molar-refractivity contribution in [3.63, 3.8) is 0 Å². The van der Waals surface area contributed by atoms with E-state index >= 15 is 0 Å². The number of hydrogen-bond acceptors (Lipinski definition) is 4. The summed E-state index contributed by atoms with van der Waals surface area (Å²) < 4.78 is 0. The fraction of sp³-hybridized carbons (Fsp3) is 0.0833. The number of carbonyl (C=O) groups excluding carboxylic acids is 2. The van der Waals surface area contributed by atoms with Gasteiger partial charge in [0.25, 0.3) is 0 Å². The van der Waals surface area contributed by atoms with Crippen LogP contribution in [-0.2, 0) is 0 Å². The maximum absolute atomic E-state index is 12.1. The zero-order chi connectivity index (χ0) is 20.0. The van der Waals surface area contributed by atoms with Crippen LogP contribution in [0.5, 0.6) is 11.5 Å². The molecule has 0 saturated carbocycles. The van der Waals surface area contributed by atoms with Crippen molar-refractivity contribution in [1.29, 1.82) is 0 Å². The number of fused-ring (bicyclic) bond motifs is 2. The molecule has 0 spiro atoms. The predicted octanol–water partition coefficient (Wildman–Crippen LogP) is 5.48. The molecule has 2 N–H and O–H groups in total. The minimum atomic E-state index is -0.154. The summed E-state index contributed by atoms with van der Waals surface area (Å²) in [5, 5.41) is 24.4. The number of hydrogen-bond donors (Lipinski definition) is 2. The zero-order valence-corrected chi connectivity index (χ0v) is 15.5. The lowest BCUT2D eigenvalue weighted by Gasteiger charge is -2.17. The summed E-state index contributed by atoms with van der Waals surface area (Å²) in [6.45, 7) is 2.91. The van der Waals surface area contributed by atoms with Crippen molar-refractivity contribution in [2.75, 3.05) is 0 Å². The van der Waals surface area contributed by atoms with Gasteiger partial charge >= 0.3 is 0 Å². The van der Waals surface area contributed by atoms with Gasteiger partial charge in [0.2, 0.25) is 0 Å². The van der Waals surface area contributed by atoms with Crippen molar-refractivity contribution in [2.24, 2.45) is 0 Å². The molecule has 0 saturated heterocycles. The Kier molecular flexibility index (Phi) is 4.12. The van der Waals surface area contributed by atoms with Crippen LogP contribution in [0, 0.1) is 0 Å². The van der Waals surface area contributed by atoms with Crippen LogP contribution in [0.2, 0.25) is 0 Å². The highest BCUT2D eigenvalue weighted by Crippen LogP contribution is 2.46. The van der Waals surface area contributed by atoms with Crippen molar-refractivity contribution < 1.29 is 19.8 Å². The third-order valence-corrected chi connectivity index (χ3v) is 5.06. The van der Waals surface area contributed by atoms with Crippen LogP contribution in [0.3, 0.4) is 0 Å². The topological polar surface area (TPSA) is 74.6 Å². The first-order chi connectivity index (χ1) is 13.4. The van der Waals surface area contributed by atoms with Crippen molar-refractivity contribution in [3.05, 3.63) is 71.8 Å². The van der Waals surface area contributed by atoms with Crippen LogP contribution in [0.1, 0.15) is 34.6 Å². The average molecular weight is 370 g/mol. The monoisotopic (exact) mass is 370 g/mol. The maximum Gasteiger partial charge on any atom is 0.160 e. The molecule has 0 radical (unpaired) electrons. The second kappa shape index (κ2) is 6.50. The Morgan fingerprint density at radius 2 is 0.929 bits per heavy atom. The number of carbonyl (C=O) groups is 2. The predicted molar refractivity (Wildman–Crippen MR) is 110 cm³/mol. The van der Waals surface area contributed by atoms with E-state index in [0.717, 1.165) is 0 Å². The summed E-state index contributed by atoms with van der Waals surface area (Å²) in [4.78, 5) is 24.1. The third-order valence-electron chi connectivity index (χ3n) is 5.06. The van der Waals surface area contributed by atoms with Crippen LogP contribution in [0.4, 0.5) is 0 Å². The molecule has 4 aromatic carbocycles. The number of ketones is 2. The Labute approximate surface area is 161 Å². The molecular weight excluding hydrogens is 352 g/mol. The second-order valence-corrected chi connectivity index (χ2v) is 6.84. The van der Waals surface area contributed by atoms with Gasteiger partial charge in [-0.05, 0) is 47.5 Å². The summed E-state index contributed by atoms with van der Waals surface area (Å²) >= 11 is 0. The molecule has 138 valence electrons. The van der Waals surface area contributed by atoms with E-state index in [1.54, 1.807) is 0 Å². The number of Topliss-reactive ketones (excluding diaryl/α,β-unsaturated/α-hetero) is 2. The van der Waals surface area contributed by atoms with Gasteiger partial charge in [0, 0.05) is 22.3 Å². The molecule has 0 heterocycles. The van der Waals surface area contributed by atoms with Gasteiger partial charge in [0.15, 0.2) is 11.6 Å². The van der Waals surface area contributed by atoms with Gasteiger partial charge in [-0.25, -0.2) is 0 Å². The Morgan fingerprint density at radius 1 is 0.607 bits per heavy atom. The molecule has 0 aromatic heterocycles. The van der Waals surface area contributed by atoms with E-state index < -0.39 is 0 Å². The van der Waals surface area contributed by atoms with Crippen LogP contribution in [0.15, 0.2) is 60.7 Å². The highest BCUT2D eigenvalue weighted by molar-refractivity contribution is 6.18. The summed E-state index contributed by atoms with van der Waals surface area (Å²) in [7, 11) is 0. The molecule has 0 fully saturated rings. The molecule has 4 nitrogen and oxygen atoms in total. The molecule has 0 atom stereocenters. The first-order valence-electron chi connectivity index (χ1n) is 8.91. The minimum absolute atomic E-state index is 0.0973. The highest BCUT2D eigenvalue weighted by Gasteiger charge is 2.21. The van der Waals surface area contributed by atoms with Gasteiger partial charge < -0.3 is 10.2 Å². The normalized spacial score (nSPS) is 11.1. The van der Waals surface area contributed by atoms with Gasteiger partial charge in [0.1, 0.15) is 11.5 Å². The molecule has 0 aliphatic heterocycles. The summed E-state index contributed by atoms with van der Waals surface area (Å²) in [6, 6.07) is 17.4. The van der Waals surface area contributed by atoms with E-state index in [-0.39, 0.29) is 23.1 Å². The van der Waals surface area contributed by atoms with E-state index in [4.69, 9.17) is 0 Å². The van der Waals surface area contributed by atoms with E-state index in [9.17, 15) is 19.8 Å². The number of aromatic hydroxyl groups is 2. The van der Waals surface area contributed by atoms with Crippen LogP contribution < -0.4 is 0 Å². The van der Waals surface area contributed by atoms with E-state index in [1.807, 2.05) is 48.5 Å². The van der Waals surface area contributed by atoms with Gasteiger partial charge in [0.05, 0.1) is 0 Å². The quantitative estimate of drug-likeness (QED) is 0.469. The largest absolute Gasteiger partial charge is 0.507 e. The Balaban J connectivity index is 2.21. The molecule has 0 unspecified atom stereocenters. The van der Waals surface area contributed by atoms with E-state index in [1.165, 1.54) is 26.0 Å². The standard InChI is InChI=1S/C24H18O4/c1-13(25)19-11-21(27)23(17-9-5-3-7-15(17)19)24-18-10-6-4-8-16(18)20(14(2)26)12-22(24)28/h3-12,27-28H,1-2H3. The molecule has 28 heavy (non-hydrogen) atoms. The van der Waals surface area contributed by atoms with E-state index in [0.29, 0.717) is 43.8 Å². The number of phenols is 2. The van der Waals surface area contributed by atoms with Crippen LogP contribution in [-0.4, -0.2) is 21.8 Å². The molecule has 0 amide bonds. The molecular formula is C24H18O4.